The van der Waals surface area contributed by atoms with Crippen molar-refractivity contribution in [2.75, 3.05) is 11.9 Å². The second kappa shape index (κ2) is 5.63. The highest BCUT2D eigenvalue weighted by atomic mass is 79.9. The summed E-state index contributed by atoms with van der Waals surface area (Å²) in [6, 6.07) is 14.6. The normalized spacial score (nSPS) is 13.8. The molecule has 0 amide bonds. The molecule has 0 spiro atoms. The Balaban J connectivity index is 2.27. The van der Waals surface area contributed by atoms with Crippen molar-refractivity contribution in [1.82, 2.24) is 0 Å². The van der Waals surface area contributed by atoms with Crippen LogP contribution in [0.2, 0.25) is 0 Å². The van der Waals surface area contributed by atoms with Gasteiger partial charge in [0.05, 0.1) is 12.1 Å². The van der Waals surface area contributed by atoms with Crippen molar-refractivity contribution in [2.24, 2.45) is 0 Å². The Morgan fingerprint density at radius 3 is 2.16 bits per heavy atom. The molecule has 3 N–H and O–H groups in total. The van der Waals surface area contributed by atoms with Gasteiger partial charge in [0.15, 0.2) is 0 Å². The van der Waals surface area contributed by atoms with Gasteiger partial charge in [-0.05, 0) is 48.9 Å². The van der Waals surface area contributed by atoms with Gasteiger partial charge in [-0.2, -0.15) is 0 Å². The van der Waals surface area contributed by atoms with Crippen molar-refractivity contribution in [3.8, 4) is 5.75 Å². The molecule has 0 fully saturated rings. The summed E-state index contributed by atoms with van der Waals surface area (Å²) >= 11 is 3.39. The van der Waals surface area contributed by atoms with Crippen molar-refractivity contribution in [2.45, 2.75) is 12.5 Å². The number of rotatable bonds is 4. The second-order valence-electron chi connectivity index (χ2n) is 4.67. The highest BCUT2D eigenvalue weighted by molar-refractivity contribution is 9.10. The predicted molar refractivity (Wildman–Crippen MR) is 80.3 cm³/mol. The number of nitrogens with one attached hydrogen (secondary N) is 1. The first kappa shape index (κ1) is 13.9. The van der Waals surface area contributed by atoms with E-state index in [1.54, 1.807) is 24.3 Å². The molecule has 2 rings (SSSR count). The number of phenolic OH excluding ortho intramolecular Hbond substituents is 1. The highest BCUT2D eigenvalue weighted by Crippen LogP contribution is 2.27. The number of benzene rings is 2. The molecule has 0 saturated heterocycles. The lowest BCUT2D eigenvalue weighted by Gasteiger charge is -2.30. The Labute approximate surface area is 121 Å². The SMILES string of the molecule is CC(CO)(Nc1ccc(Br)cc1)c1ccc(O)cc1. The summed E-state index contributed by atoms with van der Waals surface area (Å²) in [5.41, 5.74) is 1.24. The van der Waals surface area contributed by atoms with E-state index in [0.29, 0.717) is 0 Å². The van der Waals surface area contributed by atoms with Crippen LogP contribution in [0.3, 0.4) is 0 Å². The fourth-order valence-corrected chi connectivity index (χ4v) is 2.15. The molecule has 0 aliphatic rings. The van der Waals surface area contributed by atoms with Crippen LogP contribution >= 0.6 is 15.9 Å². The standard InChI is InChI=1S/C15H16BrNO2/c1-15(10-18,11-2-8-14(19)9-3-11)17-13-6-4-12(16)5-7-13/h2-9,17-19H,10H2,1H3. The first-order valence-electron chi connectivity index (χ1n) is 5.98. The summed E-state index contributed by atoms with van der Waals surface area (Å²) in [5.74, 6) is 0.215. The molecule has 100 valence electrons. The third-order valence-corrected chi connectivity index (χ3v) is 3.61. The van der Waals surface area contributed by atoms with E-state index in [0.717, 1.165) is 15.7 Å². The van der Waals surface area contributed by atoms with Crippen LogP contribution in [0.1, 0.15) is 12.5 Å². The number of aromatic hydroxyl groups is 1. The van der Waals surface area contributed by atoms with E-state index < -0.39 is 5.54 Å². The average molecular weight is 322 g/mol. The van der Waals surface area contributed by atoms with E-state index in [2.05, 4.69) is 21.2 Å². The molecule has 1 unspecified atom stereocenters. The van der Waals surface area contributed by atoms with Crippen LogP contribution in [0, 0.1) is 0 Å². The maximum atomic E-state index is 9.69. The lowest BCUT2D eigenvalue weighted by Crippen LogP contribution is -2.35. The molecule has 0 saturated carbocycles. The third kappa shape index (κ3) is 3.28. The van der Waals surface area contributed by atoms with Crippen molar-refractivity contribution < 1.29 is 10.2 Å². The Morgan fingerprint density at radius 1 is 1.05 bits per heavy atom. The van der Waals surface area contributed by atoms with Gasteiger partial charge in [0.1, 0.15) is 5.75 Å². The largest absolute Gasteiger partial charge is 0.508 e. The molecular formula is C15H16BrNO2. The van der Waals surface area contributed by atoms with Crippen LogP contribution < -0.4 is 5.32 Å². The van der Waals surface area contributed by atoms with Gasteiger partial charge in [-0.25, -0.2) is 0 Å². The zero-order chi connectivity index (χ0) is 13.9. The maximum absolute atomic E-state index is 9.69. The smallest absolute Gasteiger partial charge is 0.115 e. The zero-order valence-electron chi connectivity index (χ0n) is 10.6. The number of hydrogen-bond donors (Lipinski definition) is 3. The van der Waals surface area contributed by atoms with E-state index in [9.17, 15) is 10.2 Å². The lowest BCUT2D eigenvalue weighted by molar-refractivity contribution is 0.224. The Bertz CT molecular complexity index is 539. The first-order chi connectivity index (χ1) is 9.03. The minimum absolute atomic E-state index is 0.0478. The van der Waals surface area contributed by atoms with Crippen LogP contribution in [0.15, 0.2) is 53.0 Å². The topological polar surface area (TPSA) is 52.5 Å². The van der Waals surface area contributed by atoms with Crippen LogP contribution in [0.25, 0.3) is 0 Å². The number of hydrogen-bond acceptors (Lipinski definition) is 3. The van der Waals surface area contributed by atoms with E-state index in [1.165, 1.54) is 0 Å². The molecule has 4 heteroatoms. The molecule has 0 radical (unpaired) electrons. The third-order valence-electron chi connectivity index (χ3n) is 3.09. The number of anilines is 1. The summed E-state index contributed by atoms with van der Waals surface area (Å²) in [6.07, 6.45) is 0. The molecular weight excluding hydrogens is 306 g/mol. The fraction of sp³-hybridized carbons (Fsp3) is 0.200. The number of halogens is 1. The monoisotopic (exact) mass is 321 g/mol. The van der Waals surface area contributed by atoms with Crippen molar-refractivity contribution in [3.63, 3.8) is 0 Å². The van der Waals surface area contributed by atoms with Crippen LogP contribution in [0.5, 0.6) is 5.75 Å². The Hall–Kier alpha value is -1.52. The van der Waals surface area contributed by atoms with Gasteiger partial charge in [0.25, 0.3) is 0 Å². The molecule has 0 bridgehead atoms. The van der Waals surface area contributed by atoms with Crippen LogP contribution in [-0.2, 0) is 5.54 Å². The van der Waals surface area contributed by atoms with Gasteiger partial charge in [-0.3, -0.25) is 0 Å². The molecule has 0 aromatic heterocycles. The van der Waals surface area contributed by atoms with Crippen LogP contribution in [-0.4, -0.2) is 16.8 Å². The van der Waals surface area contributed by atoms with Gasteiger partial charge < -0.3 is 15.5 Å². The highest BCUT2D eigenvalue weighted by Gasteiger charge is 2.25. The van der Waals surface area contributed by atoms with Crippen molar-refractivity contribution in [3.05, 3.63) is 58.6 Å². The van der Waals surface area contributed by atoms with Crippen LogP contribution in [0.4, 0.5) is 5.69 Å². The minimum Gasteiger partial charge on any atom is -0.508 e. The molecule has 1 atom stereocenters. The molecule has 0 heterocycles. The molecule has 0 aliphatic carbocycles. The molecule has 0 aliphatic heterocycles. The Morgan fingerprint density at radius 2 is 1.63 bits per heavy atom. The number of aliphatic hydroxyl groups is 1. The lowest BCUT2D eigenvalue weighted by atomic mass is 9.92. The predicted octanol–water partition coefficient (Wildman–Crippen LogP) is 3.47. The first-order valence-corrected chi connectivity index (χ1v) is 6.77. The van der Waals surface area contributed by atoms with E-state index >= 15 is 0 Å². The van der Waals surface area contributed by atoms with Crippen molar-refractivity contribution in [1.29, 1.82) is 0 Å². The Kier molecular flexibility index (Phi) is 4.12. The summed E-state index contributed by atoms with van der Waals surface area (Å²) in [4.78, 5) is 0. The zero-order valence-corrected chi connectivity index (χ0v) is 12.2. The minimum atomic E-state index is -0.596. The molecule has 2 aromatic rings. The van der Waals surface area contributed by atoms with Gasteiger partial charge in [-0.15, -0.1) is 0 Å². The molecule has 3 nitrogen and oxygen atoms in total. The van der Waals surface area contributed by atoms with Gasteiger partial charge in [0.2, 0.25) is 0 Å². The number of phenols is 1. The summed E-state index contributed by atoms with van der Waals surface area (Å²) in [7, 11) is 0. The summed E-state index contributed by atoms with van der Waals surface area (Å²) in [6.45, 7) is 1.87. The van der Waals surface area contributed by atoms with Gasteiger partial charge in [-0.1, -0.05) is 28.1 Å². The van der Waals surface area contributed by atoms with E-state index in [4.69, 9.17) is 0 Å². The average Bonchev–Trinajstić information content (AvgIpc) is 2.42. The molecule has 2 aromatic carbocycles. The summed E-state index contributed by atoms with van der Waals surface area (Å²) < 4.78 is 1.01. The summed E-state index contributed by atoms with van der Waals surface area (Å²) in [5, 5.41) is 22.3. The number of aliphatic hydroxyl groups excluding tert-OH is 1. The van der Waals surface area contributed by atoms with Crippen molar-refractivity contribution >= 4 is 21.6 Å². The second-order valence-corrected chi connectivity index (χ2v) is 5.58. The quantitative estimate of drug-likeness (QED) is 0.808. The van der Waals surface area contributed by atoms with E-state index in [1.807, 2.05) is 31.2 Å². The fourth-order valence-electron chi connectivity index (χ4n) is 1.88. The maximum Gasteiger partial charge on any atom is 0.115 e. The van der Waals surface area contributed by atoms with Gasteiger partial charge in [0, 0.05) is 10.2 Å². The van der Waals surface area contributed by atoms with E-state index in [-0.39, 0.29) is 12.4 Å². The van der Waals surface area contributed by atoms with Gasteiger partial charge >= 0.3 is 0 Å². The molecule has 19 heavy (non-hydrogen) atoms.